The third-order valence-corrected chi connectivity index (χ3v) is 4.05. The molecule has 1 heterocycles. The monoisotopic (exact) mass is 250 g/mol. The number of benzene rings is 1. The van der Waals surface area contributed by atoms with Crippen LogP contribution in [-0.4, -0.2) is 35.5 Å². The van der Waals surface area contributed by atoms with Crippen molar-refractivity contribution in [3.05, 3.63) is 30.3 Å². The number of hydrazine groups is 1. The molecule has 1 fully saturated rings. The van der Waals surface area contributed by atoms with Gasteiger partial charge in [-0.05, 0) is 24.3 Å². The van der Waals surface area contributed by atoms with Gasteiger partial charge in [0.1, 0.15) is 0 Å². The molecule has 0 amide bonds. The summed E-state index contributed by atoms with van der Waals surface area (Å²) in [5.74, 6) is 8.65. The number of para-hydroxylation sites is 1. The molecule has 1 aliphatic rings. The molecule has 4 nitrogen and oxygen atoms in total. The first-order valence-corrected chi connectivity index (χ1v) is 6.87. The van der Waals surface area contributed by atoms with Gasteiger partial charge < -0.3 is 4.90 Å². The van der Waals surface area contributed by atoms with E-state index in [2.05, 4.69) is 15.3 Å². The van der Waals surface area contributed by atoms with Crippen LogP contribution in [0.4, 0.5) is 5.69 Å². The van der Waals surface area contributed by atoms with E-state index >= 15 is 0 Å². The highest BCUT2D eigenvalue weighted by molar-refractivity contribution is 7.99. The van der Waals surface area contributed by atoms with Crippen molar-refractivity contribution < 1.29 is 0 Å². The van der Waals surface area contributed by atoms with Gasteiger partial charge in [0.25, 0.3) is 0 Å². The van der Waals surface area contributed by atoms with Crippen molar-refractivity contribution in [2.24, 2.45) is 10.8 Å². The molecule has 5 heteroatoms. The first-order chi connectivity index (χ1) is 8.31. The number of guanidine groups is 1. The van der Waals surface area contributed by atoms with Crippen LogP contribution in [0.1, 0.15) is 6.42 Å². The summed E-state index contributed by atoms with van der Waals surface area (Å²) in [5, 5.41) is 0. The minimum absolute atomic E-state index is 0.526. The smallest absolute Gasteiger partial charge is 0.213 e. The fourth-order valence-corrected chi connectivity index (χ4v) is 3.11. The predicted octanol–water partition coefficient (Wildman–Crippen LogP) is 1.57. The van der Waals surface area contributed by atoms with Crippen LogP contribution < -0.4 is 11.3 Å². The van der Waals surface area contributed by atoms with Gasteiger partial charge in [-0.1, -0.05) is 18.2 Å². The maximum Gasteiger partial charge on any atom is 0.213 e. The summed E-state index contributed by atoms with van der Waals surface area (Å²) in [5.41, 5.74) is 3.61. The van der Waals surface area contributed by atoms with Crippen molar-refractivity contribution in [2.75, 3.05) is 18.6 Å². The second-order valence-corrected chi connectivity index (χ2v) is 5.19. The van der Waals surface area contributed by atoms with E-state index in [1.165, 1.54) is 12.2 Å². The molecule has 0 saturated carbocycles. The zero-order chi connectivity index (χ0) is 12.1. The lowest BCUT2D eigenvalue weighted by molar-refractivity contribution is 0.385. The maximum absolute atomic E-state index is 5.56. The molecule has 1 aliphatic heterocycles. The zero-order valence-electron chi connectivity index (χ0n) is 9.97. The molecule has 0 aromatic heterocycles. The Morgan fingerprint density at radius 2 is 2.24 bits per heavy atom. The minimum atomic E-state index is 0.526. The molecule has 2 rings (SSSR count). The molecular formula is C12H18N4S. The summed E-state index contributed by atoms with van der Waals surface area (Å²) in [4.78, 5) is 6.65. The Hall–Kier alpha value is -1.20. The van der Waals surface area contributed by atoms with Crippen LogP contribution in [0.15, 0.2) is 35.3 Å². The van der Waals surface area contributed by atoms with Gasteiger partial charge in [0.05, 0.1) is 5.69 Å². The van der Waals surface area contributed by atoms with Crippen LogP contribution in [-0.2, 0) is 0 Å². The lowest BCUT2D eigenvalue weighted by Crippen LogP contribution is -2.47. The van der Waals surface area contributed by atoms with E-state index in [0.29, 0.717) is 6.04 Å². The highest BCUT2D eigenvalue weighted by Gasteiger charge is 2.22. The molecule has 0 spiro atoms. The highest BCUT2D eigenvalue weighted by Crippen LogP contribution is 2.22. The predicted molar refractivity (Wildman–Crippen MR) is 74.4 cm³/mol. The summed E-state index contributed by atoms with van der Waals surface area (Å²) in [7, 11) is 2.04. The zero-order valence-corrected chi connectivity index (χ0v) is 10.8. The quantitative estimate of drug-likeness (QED) is 0.362. The van der Waals surface area contributed by atoms with Gasteiger partial charge in [0.15, 0.2) is 0 Å². The third kappa shape index (κ3) is 3.14. The number of nitrogens with two attached hydrogens (primary N) is 1. The Labute approximate surface area is 106 Å². The number of rotatable bonds is 2. The van der Waals surface area contributed by atoms with Gasteiger partial charge in [-0.25, -0.2) is 10.8 Å². The van der Waals surface area contributed by atoms with Crippen molar-refractivity contribution in [2.45, 2.75) is 12.5 Å². The average Bonchev–Trinajstić information content (AvgIpc) is 2.90. The summed E-state index contributed by atoms with van der Waals surface area (Å²) < 4.78 is 0. The van der Waals surface area contributed by atoms with Crippen molar-refractivity contribution in [1.29, 1.82) is 0 Å². The van der Waals surface area contributed by atoms with Crippen LogP contribution >= 0.6 is 11.8 Å². The third-order valence-electron chi connectivity index (χ3n) is 2.91. The van der Waals surface area contributed by atoms with E-state index in [1.54, 1.807) is 0 Å². The summed E-state index contributed by atoms with van der Waals surface area (Å²) in [6, 6.07) is 10.4. The van der Waals surface area contributed by atoms with E-state index in [0.717, 1.165) is 17.4 Å². The van der Waals surface area contributed by atoms with Gasteiger partial charge in [-0.3, -0.25) is 5.43 Å². The Morgan fingerprint density at radius 1 is 1.47 bits per heavy atom. The van der Waals surface area contributed by atoms with Crippen molar-refractivity contribution in [3.8, 4) is 0 Å². The number of nitrogens with one attached hydrogen (secondary N) is 1. The molecule has 0 aliphatic carbocycles. The van der Waals surface area contributed by atoms with Crippen LogP contribution in [0.2, 0.25) is 0 Å². The van der Waals surface area contributed by atoms with E-state index < -0.39 is 0 Å². The van der Waals surface area contributed by atoms with E-state index in [1.807, 2.05) is 49.1 Å². The lowest BCUT2D eigenvalue weighted by Gasteiger charge is -2.26. The van der Waals surface area contributed by atoms with Gasteiger partial charge in [-0.2, -0.15) is 11.8 Å². The fraction of sp³-hybridized carbons (Fsp3) is 0.417. The molecule has 17 heavy (non-hydrogen) atoms. The largest absolute Gasteiger partial charge is 0.341 e. The second kappa shape index (κ2) is 5.93. The van der Waals surface area contributed by atoms with Crippen LogP contribution in [0.3, 0.4) is 0 Å². The average molecular weight is 250 g/mol. The first-order valence-electron chi connectivity index (χ1n) is 5.72. The minimum Gasteiger partial charge on any atom is -0.341 e. The van der Waals surface area contributed by atoms with E-state index in [-0.39, 0.29) is 0 Å². The number of thioether (sulfide) groups is 1. The highest BCUT2D eigenvalue weighted by atomic mass is 32.2. The van der Waals surface area contributed by atoms with Crippen molar-refractivity contribution >= 4 is 23.4 Å². The molecule has 0 radical (unpaired) electrons. The summed E-state index contributed by atoms with van der Waals surface area (Å²) in [6.45, 7) is 0. The molecule has 1 aromatic carbocycles. The first kappa shape index (κ1) is 12.3. The summed E-state index contributed by atoms with van der Waals surface area (Å²) in [6.07, 6.45) is 1.19. The van der Waals surface area contributed by atoms with Gasteiger partial charge >= 0.3 is 0 Å². The summed E-state index contributed by atoms with van der Waals surface area (Å²) >= 11 is 1.98. The molecule has 1 atom stereocenters. The van der Waals surface area contributed by atoms with Crippen LogP contribution in [0.5, 0.6) is 0 Å². The molecule has 1 saturated heterocycles. The number of hydrogen-bond acceptors (Lipinski definition) is 3. The lowest BCUT2D eigenvalue weighted by atomic mass is 10.2. The normalized spacial score (nSPS) is 20.4. The van der Waals surface area contributed by atoms with Crippen LogP contribution in [0, 0.1) is 0 Å². The van der Waals surface area contributed by atoms with Crippen molar-refractivity contribution in [1.82, 2.24) is 10.3 Å². The molecule has 0 bridgehead atoms. The standard InChI is InChI=1S/C12H18N4S/c1-16(11-7-8-17-9-11)12(15-13)14-10-5-3-2-4-6-10/h2-6,11H,7-9,13H2,1H3,(H,14,15). The molecular weight excluding hydrogens is 232 g/mol. The van der Waals surface area contributed by atoms with E-state index in [4.69, 9.17) is 5.84 Å². The SMILES string of the molecule is CN(C(=Nc1ccccc1)NN)C1CCSC1. The Kier molecular flexibility index (Phi) is 4.28. The Balaban J connectivity index is 2.12. The molecule has 1 aromatic rings. The van der Waals surface area contributed by atoms with E-state index in [9.17, 15) is 0 Å². The molecule has 92 valence electrons. The number of nitrogens with zero attached hydrogens (tertiary/aromatic N) is 2. The van der Waals surface area contributed by atoms with Gasteiger partial charge in [0, 0.05) is 18.8 Å². The van der Waals surface area contributed by atoms with Gasteiger partial charge in [0.2, 0.25) is 5.96 Å². The molecule has 1 unspecified atom stereocenters. The van der Waals surface area contributed by atoms with Crippen molar-refractivity contribution in [3.63, 3.8) is 0 Å². The second-order valence-electron chi connectivity index (χ2n) is 4.04. The number of aliphatic imine (C=N–C) groups is 1. The fourth-order valence-electron chi connectivity index (χ4n) is 1.84. The van der Waals surface area contributed by atoms with Crippen LogP contribution in [0.25, 0.3) is 0 Å². The Morgan fingerprint density at radius 3 is 2.82 bits per heavy atom. The Bertz CT molecular complexity index is 373. The maximum atomic E-state index is 5.56. The molecule has 3 N–H and O–H groups in total. The topological polar surface area (TPSA) is 53.6 Å². The number of hydrogen-bond donors (Lipinski definition) is 2. The van der Waals surface area contributed by atoms with Gasteiger partial charge in [-0.15, -0.1) is 0 Å².